The lowest BCUT2D eigenvalue weighted by Gasteiger charge is -2.00. The molecule has 0 bridgehead atoms. The van der Waals surface area contributed by atoms with Crippen molar-refractivity contribution in [3.63, 3.8) is 0 Å². The largest absolute Gasteiger partial charge is 0.477 e. The van der Waals surface area contributed by atoms with Crippen molar-refractivity contribution < 1.29 is 24.0 Å². The minimum atomic E-state index is -1.21. The molecule has 0 spiro atoms. The van der Waals surface area contributed by atoms with Gasteiger partial charge in [0.25, 0.3) is 5.69 Å². The van der Waals surface area contributed by atoms with Gasteiger partial charge in [0.05, 0.1) is 16.9 Å². The Kier molecular flexibility index (Phi) is 5.13. The second-order valence-electron chi connectivity index (χ2n) is 5.30. The van der Waals surface area contributed by atoms with Gasteiger partial charge in [-0.05, 0) is 29.8 Å². The van der Waals surface area contributed by atoms with Crippen molar-refractivity contribution in [1.29, 1.82) is 0 Å². The van der Waals surface area contributed by atoms with E-state index in [4.69, 9.17) is 4.42 Å². The molecule has 0 atom stereocenters. The number of carbonyl (C=O) groups is 2. The highest BCUT2D eigenvalue weighted by Crippen LogP contribution is 2.36. The number of rotatable bonds is 6. The summed E-state index contributed by atoms with van der Waals surface area (Å²) in [4.78, 5) is 34.3. The van der Waals surface area contributed by atoms with E-state index in [0.717, 1.165) is 11.3 Å². The van der Waals surface area contributed by atoms with Crippen LogP contribution in [0.3, 0.4) is 0 Å². The number of nitro groups is 1. The Labute approximate surface area is 156 Å². The number of anilines is 1. The Bertz CT molecular complexity index is 1040. The van der Waals surface area contributed by atoms with E-state index in [2.05, 4.69) is 5.32 Å². The van der Waals surface area contributed by atoms with Gasteiger partial charge in [0.2, 0.25) is 5.91 Å². The number of aromatic carboxylic acids is 1. The van der Waals surface area contributed by atoms with E-state index < -0.39 is 16.8 Å². The molecule has 0 aliphatic carbocycles. The monoisotopic (exact) mass is 384 g/mol. The first-order valence-electron chi connectivity index (χ1n) is 7.58. The smallest absolute Gasteiger partial charge is 0.348 e. The van der Waals surface area contributed by atoms with Crippen LogP contribution in [-0.2, 0) is 4.79 Å². The average molecular weight is 384 g/mol. The minimum Gasteiger partial charge on any atom is -0.477 e. The summed E-state index contributed by atoms with van der Waals surface area (Å²) in [5, 5.41) is 22.8. The molecule has 0 radical (unpaired) electrons. The number of nitrogens with zero attached hydrogens (tertiary/aromatic N) is 1. The number of hydrogen-bond acceptors (Lipinski definition) is 6. The van der Waals surface area contributed by atoms with Crippen molar-refractivity contribution in [3.8, 4) is 10.4 Å². The van der Waals surface area contributed by atoms with Gasteiger partial charge < -0.3 is 14.8 Å². The lowest BCUT2D eigenvalue weighted by Crippen LogP contribution is -2.09. The Balaban J connectivity index is 1.87. The third-order valence-electron chi connectivity index (χ3n) is 3.47. The van der Waals surface area contributed by atoms with Crippen molar-refractivity contribution >= 4 is 40.7 Å². The fourth-order valence-corrected chi connectivity index (χ4v) is 3.22. The maximum atomic E-state index is 12.1. The van der Waals surface area contributed by atoms with Crippen LogP contribution in [0.15, 0.2) is 59.2 Å². The predicted octanol–water partition coefficient (Wildman–Crippen LogP) is 4.27. The quantitative estimate of drug-likeness (QED) is 0.372. The van der Waals surface area contributed by atoms with E-state index in [1.807, 2.05) is 0 Å². The maximum absolute atomic E-state index is 12.1. The summed E-state index contributed by atoms with van der Waals surface area (Å²) >= 11 is 0.919. The Morgan fingerprint density at radius 3 is 2.70 bits per heavy atom. The van der Waals surface area contributed by atoms with Crippen molar-refractivity contribution in [2.75, 3.05) is 5.32 Å². The van der Waals surface area contributed by atoms with Crippen LogP contribution in [0.2, 0.25) is 0 Å². The summed E-state index contributed by atoms with van der Waals surface area (Å²) in [7, 11) is 0. The van der Waals surface area contributed by atoms with Gasteiger partial charge in [-0.1, -0.05) is 12.1 Å². The molecule has 3 rings (SSSR count). The van der Waals surface area contributed by atoms with Crippen LogP contribution in [0.5, 0.6) is 0 Å². The van der Waals surface area contributed by atoms with E-state index in [0.29, 0.717) is 16.2 Å². The molecule has 2 N–H and O–H groups in total. The number of carboxylic acids is 1. The molecule has 1 aromatic carbocycles. The average Bonchev–Trinajstić information content (AvgIpc) is 3.30. The van der Waals surface area contributed by atoms with Crippen LogP contribution in [-0.4, -0.2) is 21.9 Å². The number of hydrogen-bond donors (Lipinski definition) is 2. The van der Waals surface area contributed by atoms with Gasteiger partial charge in [-0.3, -0.25) is 14.9 Å². The zero-order chi connectivity index (χ0) is 19.4. The van der Waals surface area contributed by atoms with E-state index in [1.54, 1.807) is 18.2 Å². The molecule has 8 nitrogen and oxygen atoms in total. The highest BCUT2D eigenvalue weighted by Gasteiger charge is 2.18. The lowest BCUT2D eigenvalue weighted by molar-refractivity contribution is -0.384. The number of nitro benzene ring substituents is 1. The fourth-order valence-electron chi connectivity index (χ4n) is 2.28. The molecule has 0 saturated heterocycles. The first-order valence-corrected chi connectivity index (χ1v) is 8.40. The third-order valence-corrected chi connectivity index (χ3v) is 4.64. The second kappa shape index (κ2) is 7.67. The molecule has 0 unspecified atom stereocenters. The Hall–Kier alpha value is -3.72. The predicted molar refractivity (Wildman–Crippen MR) is 99.7 cm³/mol. The van der Waals surface area contributed by atoms with Gasteiger partial charge in [0.15, 0.2) is 0 Å². The zero-order valence-corrected chi connectivity index (χ0v) is 14.4. The first-order chi connectivity index (χ1) is 12.9. The van der Waals surface area contributed by atoms with Crippen molar-refractivity contribution in [3.05, 3.63) is 75.6 Å². The van der Waals surface area contributed by atoms with Gasteiger partial charge in [-0.2, -0.15) is 0 Å². The van der Waals surface area contributed by atoms with Crippen molar-refractivity contribution in [2.24, 2.45) is 0 Å². The number of thiophene rings is 1. The Morgan fingerprint density at radius 2 is 2.04 bits per heavy atom. The zero-order valence-electron chi connectivity index (χ0n) is 13.6. The lowest BCUT2D eigenvalue weighted by atomic mass is 10.1. The van der Waals surface area contributed by atoms with Crippen LogP contribution in [0.25, 0.3) is 16.5 Å². The van der Waals surface area contributed by atoms with E-state index in [9.17, 15) is 24.8 Å². The van der Waals surface area contributed by atoms with Crippen LogP contribution < -0.4 is 5.32 Å². The van der Waals surface area contributed by atoms with Gasteiger partial charge in [-0.25, -0.2) is 4.79 Å². The van der Waals surface area contributed by atoms with Gasteiger partial charge in [0, 0.05) is 23.1 Å². The summed E-state index contributed by atoms with van der Waals surface area (Å²) in [6.45, 7) is 0. The van der Waals surface area contributed by atoms with Crippen molar-refractivity contribution in [1.82, 2.24) is 0 Å². The standard InChI is InChI=1S/C18H12N2O6S/c21-16(7-6-13-5-2-8-26-13)19-14-10-15(27-17(14)18(22)23)11-3-1-4-12(9-11)20(24)25/h1-10H,(H,19,21)(H,22,23). The molecule has 2 aromatic heterocycles. The maximum Gasteiger partial charge on any atom is 0.348 e. The molecular weight excluding hydrogens is 372 g/mol. The van der Waals surface area contributed by atoms with Gasteiger partial charge >= 0.3 is 5.97 Å². The molecule has 0 fully saturated rings. The van der Waals surface area contributed by atoms with Crippen LogP contribution in [0.4, 0.5) is 11.4 Å². The summed E-state index contributed by atoms with van der Waals surface area (Å²) < 4.78 is 5.07. The van der Waals surface area contributed by atoms with E-state index in [1.165, 1.54) is 42.7 Å². The minimum absolute atomic E-state index is 0.0729. The van der Waals surface area contributed by atoms with E-state index in [-0.39, 0.29) is 16.3 Å². The second-order valence-corrected chi connectivity index (χ2v) is 6.36. The summed E-state index contributed by atoms with van der Waals surface area (Å²) in [5.74, 6) is -1.26. The van der Waals surface area contributed by atoms with Gasteiger partial charge in [-0.15, -0.1) is 11.3 Å². The molecule has 27 heavy (non-hydrogen) atoms. The molecule has 136 valence electrons. The number of benzene rings is 1. The number of nitrogens with one attached hydrogen (secondary N) is 1. The summed E-state index contributed by atoms with van der Waals surface area (Å²) in [6, 6.07) is 10.6. The molecule has 0 aliphatic heterocycles. The molecule has 9 heteroatoms. The molecule has 3 aromatic rings. The highest BCUT2D eigenvalue weighted by atomic mass is 32.1. The summed E-state index contributed by atoms with van der Waals surface area (Å²) in [6.07, 6.45) is 4.13. The number of furan rings is 1. The third kappa shape index (κ3) is 4.28. The normalized spacial score (nSPS) is 10.8. The molecule has 0 saturated carbocycles. The molecule has 1 amide bonds. The van der Waals surface area contributed by atoms with Crippen LogP contribution >= 0.6 is 11.3 Å². The van der Waals surface area contributed by atoms with Gasteiger partial charge in [0.1, 0.15) is 10.6 Å². The summed E-state index contributed by atoms with van der Waals surface area (Å²) in [5.41, 5.74) is 0.496. The Morgan fingerprint density at radius 1 is 1.22 bits per heavy atom. The molecule has 0 aliphatic rings. The number of amides is 1. The van der Waals surface area contributed by atoms with E-state index >= 15 is 0 Å². The fraction of sp³-hybridized carbons (Fsp3) is 0. The topological polar surface area (TPSA) is 123 Å². The molecular formula is C18H12N2O6S. The van der Waals surface area contributed by atoms with Crippen LogP contribution in [0, 0.1) is 10.1 Å². The SMILES string of the molecule is O=C(C=Cc1ccco1)Nc1cc(-c2cccc([N+](=O)[O-])c2)sc1C(=O)O. The highest BCUT2D eigenvalue weighted by molar-refractivity contribution is 7.18. The molecule has 2 heterocycles. The van der Waals surface area contributed by atoms with Crippen LogP contribution in [0.1, 0.15) is 15.4 Å². The number of carbonyl (C=O) groups excluding carboxylic acids is 1. The first kappa shape index (κ1) is 18.1. The van der Waals surface area contributed by atoms with Crippen molar-refractivity contribution in [2.45, 2.75) is 0 Å². The number of non-ortho nitro benzene ring substituents is 1. The number of carboxylic acid groups (broad SMARTS) is 1.